The number of hydrogen-bond donors (Lipinski definition) is 1. The second-order valence-electron chi connectivity index (χ2n) is 3.60. The third kappa shape index (κ3) is 4.71. The zero-order valence-electron chi connectivity index (χ0n) is 9.82. The van der Waals surface area contributed by atoms with Gasteiger partial charge in [-0.3, -0.25) is 4.98 Å². The first-order chi connectivity index (χ1) is 9.16. The number of H-pyrrole nitrogens is 1. The molecule has 0 fully saturated rings. The monoisotopic (exact) mass is 503 g/mol. The molecule has 2 rings (SSSR count). The van der Waals surface area contributed by atoms with Crippen LogP contribution in [0, 0.1) is 7.14 Å². The highest BCUT2D eigenvalue weighted by molar-refractivity contribution is 14.1. The van der Waals surface area contributed by atoms with Crippen molar-refractivity contribution in [3.05, 3.63) is 47.8 Å². The van der Waals surface area contributed by atoms with Crippen LogP contribution in [0.5, 0.6) is 5.75 Å². The van der Waals surface area contributed by atoms with Gasteiger partial charge in [0.15, 0.2) is 0 Å². The first-order valence-electron chi connectivity index (χ1n) is 5.49. The van der Waals surface area contributed by atoms with Gasteiger partial charge < -0.3 is 9.15 Å². The number of halogens is 2. The summed E-state index contributed by atoms with van der Waals surface area (Å²) < 4.78 is 13.0. The number of benzene rings is 1. The molecule has 0 bridgehead atoms. The summed E-state index contributed by atoms with van der Waals surface area (Å²) in [7, 11) is 0. The van der Waals surface area contributed by atoms with Crippen molar-refractivity contribution in [2.24, 2.45) is 0 Å². The van der Waals surface area contributed by atoms with E-state index in [1.807, 2.05) is 12.1 Å². The average Bonchev–Trinajstić information content (AvgIpc) is 2.80. The molecular formula is C12H11I2NO3S. The third-order valence-corrected chi connectivity index (χ3v) is 6.21. The van der Waals surface area contributed by atoms with E-state index in [-0.39, 0.29) is 0 Å². The maximum atomic E-state index is 10.8. The molecule has 19 heavy (non-hydrogen) atoms. The highest BCUT2D eigenvalue weighted by Crippen LogP contribution is 2.25. The SMILES string of the molecule is O=c1[nH]cc(CSCCOc2cccc(I)c2I)o1. The molecule has 2 aromatic rings. The molecule has 0 amide bonds. The highest BCUT2D eigenvalue weighted by Gasteiger charge is 2.04. The van der Waals surface area contributed by atoms with Gasteiger partial charge >= 0.3 is 5.76 Å². The number of hydrogen-bond acceptors (Lipinski definition) is 4. The van der Waals surface area contributed by atoms with Gasteiger partial charge in [0.1, 0.15) is 11.5 Å². The van der Waals surface area contributed by atoms with Gasteiger partial charge in [0.25, 0.3) is 0 Å². The summed E-state index contributed by atoms with van der Waals surface area (Å²) in [5, 5.41) is 0. The van der Waals surface area contributed by atoms with E-state index >= 15 is 0 Å². The molecule has 0 unspecified atom stereocenters. The molecule has 0 aliphatic rings. The van der Waals surface area contributed by atoms with E-state index in [1.54, 1.807) is 18.0 Å². The van der Waals surface area contributed by atoms with Crippen LogP contribution in [0.2, 0.25) is 0 Å². The van der Waals surface area contributed by atoms with Crippen molar-refractivity contribution in [3.63, 3.8) is 0 Å². The van der Waals surface area contributed by atoms with Gasteiger partial charge in [-0.05, 0) is 57.3 Å². The van der Waals surface area contributed by atoms with Crippen LogP contribution < -0.4 is 10.5 Å². The van der Waals surface area contributed by atoms with E-state index in [2.05, 4.69) is 56.2 Å². The van der Waals surface area contributed by atoms with Crippen LogP contribution in [0.3, 0.4) is 0 Å². The standard InChI is InChI=1S/C12H11I2NO3S/c13-9-2-1-3-10(11(9)14)17-4-5-19-7-8-6-15-12(16)18-8/h1-3,6H,4-5,7H2,(H,15,16). The fraction of sp³-hybridized carbons (Fsp3) is 0.250. The second-order valence-corrected chi connectivity index (χ2v) is 6.94. The minimum Gasteiger partial charge on any atom is -0.492 e. The summed E-state index contributed by atoms with van der Waals surface area (Å²) >= 11 is 6.24. The van der Waals surface area contributed by atoms with Gasteiger partial charge in [0.05, 0.1) is 15.9 Å². The van der Waals surface area contributed by atoms with Crippen molar-refractivity contribution in [1.82, 2.24) is 4.98 Å². The van der Waals surface area contributed by atoms with Crippen molar-refractivity contribution in [2.75, 3.05) is 12.4 Å². The molecule has 1 heterocycles. The lowest BCUT2D eigenvalue weighted by Gasteiger charge is -2.08. The lowest BCUT2D eigenvalue weighted by atomic mass is 10.3. The Morgan fingerprint density at radius 2 is 2.21 bits per heavy atom. The first-order valence-corrected chi connectivity index (χ1v) is 8.80. The molecule has 0 atom stereocenters. The Morgan fingerprint density at radius 3 is 2.95 bits per heavy atom. The van der Waals surface area contributed by atoms with Gasteiger partial charge in [0.2, 0.25) is 0 Å². The topological polar surface area (TPSA) is 55.2 Å². The smallest absolute Gasteiger partial charge is 0.416 e. The Bertz CT molecular complexity index is 597. The Hall–Kier alpha value is -0.160. The molecule has 0 saturated heterocycles. The van der Waals surface area contributed by atoms with E-state index in [9.17, 15) is 4.79 Å². The van der Waals surface area contributed by atoms with Gasteiger partial charge in [-0.1, -0.05) is 6.07 Å². The number of rotatable bonds is 6. The fourth-order valence-electron chi connectivity index (χ4n) is 1.37. The maximum Gasteiger partial charge on any atom is 0.416 e. The van der Waals surface area contributed by atoms with E-state index in [4.69, 9.17) is 9.15 Å². The molecule has 1 N–H and O–H groups in total. The number of aromatic amines is 1. The molecule has 0 aliphatic carbocycles. The summed E-state index contributed by atoms with van der Waals surface area (Å²) in [6, 6.07) is 6.01. The Morgan fingerprint density at radius 1 is 1.37 bits per heavy atom. The number of thioether (sulfide) groups is 1. The lowest BCUT2D eigenvalue weighted by Crippen LogP contribution is -2.02. The summed E-state index contributed by atoms with van der Waals surface area (Å²) in [6.07, 6.45) is 1.60. The highest BCUT2D eigenvalue weighted by atomic mass is 127. The van der Waals surface area contributed by atoms with Crippen LogP contribution in [0.15, 0.2) is 33.6 Å². The van der Waals surface area contributed by atoms with Gasteiger partial charge in [-0.15, -0.1) is 0 Å². The van der Waals surface area contributed by atoms with E-state index in [1.165, 1.54) is 3.57 Å². The zero-order chi connectivity index (χ0) is 13.7. The quantitative estimate of drug-likeness (QED) is 0.485. The van der Waals surface area contributed by atoms with Crippen LogP contribution in [-0.4, -0.2) is 17.3 Å². The summed E-state index contributed by atoms with van der Waals surface area (Å²) in [5.41, 5.74) is 0. The molecule has 1 aromatic carbocycles. The van der Waals surface area contributed by atoms with Crippen LogP contribution in [0.1, 0.15) is 5.76 Å². The zero-order valence-corrected chi connectivity index (χ0v) is 15.0. The molecule has 0 radical (unpaired) electrons. The molecule has 7 heteroatoms. The lowest BCUT2D eigenvalue weighted by molar-refractivity contribution is 0.341. The Kier molecular flexibility index (Phi) is 6.07. The molecule has 0 aliphatic heterocycles. The number of oxazole rings is 1. The molecule has 0 spiro atoms. The first kappa shape index (κ1) is 15.2. The minimum absolute atomic E-state index is 0.403. The van der Waals surface area contributed by atoms with E-state index in [0.29, 0.717) is 18.1 Å². The van der Waals surface area contributed by atoms with Gasteiger partial charge in [-0.2, -0.15) is 11.8 Å². The largest absolute Gasteiger partial charge is 0.492 e. The van der Waals surface area contributed by atoms with Gasteiger partial charge in [0, 0.05) is 15.5 Å². The number of ether oxygens (including phenoxy) is 1. The van der Waals surface area contributed by atoms with Crippen LogP contribution in [0.25, 0.3) is 0 Å². The molecule has 102 valence electrons. The minimum atomic E-state index is -0.403. The van der Waals surface area contributed by atoms with Gasteiger partial charge in [-0.25, -0.2) is 4.79 Å². The van der Waals surface area contributed by atoms with Crippen molar-refractivity contribution >= 4 is 56.9 Å². The Balaban J connectivity index is 1.72. The second kappa shape index (κ2) is 7.58. The normalized spacial score (nSPS) is 10.6. The van der Waals surface area contributed by atoms with Crippen molar-refractivity contribution < 1.29 is 9.15 Å². The summed E-state index contributed by atoms with van der Waals surface area (Å²) in [6.45, 7) is 0.634. The molecule has 0 saturated carbocycles. The average molecular weight is 503 g/mol. The molecule has 1 aromatic heterocycles. The van der Waals surface area contributed by atoms with E-state index in [0.717, 1.165) is 15.1 Å². The maximum absolute atomic E-state index is 10.8. The van der Waals surface area contributed by atoms with Crippen molar-refractivity contribution in [2.45, 2.75) is 5.75 Å². The van der Waals surface area contributed by atoms with Crippen molar-refractivity contribution in [3.8, 4) is 5.75 Å². The van der Waals surface area contributed by atoms with Crippen LogP contribution in [0.4, 0.5) is 0 Å². The number of nitrogens with one attached hydrogen (secondary N) is 1. The van der Waals surface area contributed by atoms with E-state index < -0.39 is 5.76 Å². The number of aromatic nitrogens is 1. The third-order valence-electron chi connectivity index (χ3n) is 2.22. The molecular weight excluding hydrogens is 492 g/mol. The predicted octanol–water partition coefficient (Wildman–Crippen LogP) is 3.49. The van der Waals surface area contributed by atoms with Crippen molar-refractivity contribution in [1.29, 1.82) is 0 Å². The molecule has 4 nitrogen and oxygen atoms in total. The predicted molar refractivity (Wildman–Crippen MR) is 92.9 cm³/mol. The van der Waals surface area contributed by atoms with Crippen LogP contribution in [-0.2, 0) is 5.75 Å². The summed E-state index contributed by atoms with van der Waals surface area (Å²) in [5.74, 6) is 2.70. The summed E-state index contributed by atoms with van der Waals surface area (Å²) in [4.78, 5) is 13.3. The fourth-order valence-corrected chi connectivity index (χ4v) is 3.04. The van der Waals surface area contributed by atoms with Crippen LogP contribution >= 0.6 is 56.9 Å². The Labute approximate surface area is 142 Å².